The van der Waals surface area contributed by atoms with E-state index in [1.54, 1.807) is 18.2 Å². The lowest BCUT2D eigenvalue weighted by molar-refractivity contribution is -0.136. The highest BCUT2D eigenvalue weighted by atomic mass is 35.5. The van der Waals surface area contributed by atoms with Crippen LogP contribution in [0.3, 0.4) is 0 Å². The van der Waals surface area contributed by atoms with Crippen molar-refractivity contribution in [2.45, 2.75) is 0 Å². The number of nitrogens with zero attached hydrogens (tertiary/aromatic N) is 2. The molecule has 136 valence electrons. The predicted molar refractivity (Wildman–Crippen MR) is 97.2 cm³/mol. The molecular weight excluding hydrogens is 381 g/mol. The van der Waals surface area contributed by atoms with Crippen LogP contribution in [0, 0.1) is 0 Å². The van der Waals surface area contributed by atoms with Gasteiger partial charge in [-0.05, 0) is 30.3 Å². The van der Waals surface area contributed by atoms with Gasteiger partial charge in [0.15, 0.2) is 6.61 Å². The standard InChI is InChI=1S/C17H15Cl2N3O4/c1-22(9-15(23)21-12-4-5-13(18)14(19)7-12)16(24)10-26-17(25)11-3-2-6-20-8-11/h2-8H,9-10H2,1H3,(H,21,23). The summed E-state index contributed by atoms with van der Waals surface area (Å²) in [4.78, 5) is 40.7. The molecule has 26 heavy (non-hydrogen) atoms. The van der Waals surface area contributed by atoms with Gasteiger partial charge in [-0.1, -0.05) is 23.2 Å². The quantitative estimate of drug-likeness (QED) is 0.759. The maximum absolute atomic E-state index is 12.0. The number of hydrogen-bond donors (Lipinski definition) is 1. The third-order valence-corrected chi connectivity index (χ3v) is 3.97. The van der Waals surface area contributed by atoms with E-state index >= 15 is 0 Å². The van der Waals surface area contributed by atoms with E-state index in [0.29, 0.717) is 15.7 Å². The predicted octanol–water partition coefficient (Wildman–Crippen LogP) is 2.64. The maximum atomic E-state index is 12.0. The van der Waals surface area contributed by atoms with Gasteiger partial charge in [-0.25, -0.2) is 4.79 Å². The average Bonchev–Trinajstić information content (AvgIpc) is 2.63. The number of hydrogen-bond acceptors (Lipinski definition) is 5. The van der Waals surface area contributed by atoms with Crippen LogP contribution >= 0.6 is 23.2 Å². The van der Waals surface area contributed by atoms with Gasteiger partial charge in [0, 0.05) is 25.1 Å². The Morgan fingerprint density at radius 2 is 1.96 bits per heavy atom. The molecule has 2 amide bonds. The Morgan fingerprint density at radius 3 is 2.62 bits per heavy atom. The minimum Gasteiger partial charge on any atom is -0.452 e. The molecule has 2 rings (SSSR count). The Labute approximate surface area is 159 Å². The van der Waals surface area contributed by atoms with Gasteiger partial charge < -0.3 is 15.0 Å². The molecule has 1 aromatic heterocycles. The van der Waals surface area contributed by atoms with Crippen LogP contribution in [-0.2, 0) is 14.3 Å². The lowest BCUT2D eigenvalue weighted by atomic mass is 10.3. The number of carbonyl (C=O) groups excluding carboxylic acids is 3. The molecule has 0 saturated heterocycles. The Kier molecular flexibility index (Phi) is 6.94. The SMILES string of the molecule is CN(CC(=O)Nc1ccc(Cl)c(Cl)c1)C(=O)COC(=O)c1cccnc1. The van der Waals surface area contributed by atoms with Crippen LogP contribution in [0.1, 0.15) is 10.4 Å². The van der Waals surface area contributed by atoms with E-state index in [0.717, 1.165) is 4.90 Å². The summed E-state index contributed by atoms with van der Waals surface area (Å²) in [5.74, 6) is -1.62. The minimum atomic E-state index is -0.667. The number of carbonyl (C=O) groups is 3. The highest BCUT2D eigenvalue weighted by molar-refractivity contribution is 6.42. The lowest BCUT2D eigenvalue weighted by Crippen LogP contribution is -2.37. The van der Waals surface area contributed by atoms with E-state index in [9.17, 15) is 14.4 Å². The molecule has 2 aromatic rings. The number of nitrogens with one attached hydrogen (secondary N) is 1. The number of rotatable bonds is 6. The van der Waals surface area contributed by atoms with Gasteiger partial charge in [-0.3, -0.25) is 14.6 Å². The van der Waals surface area contributed by atoms with E-state index in [2.05, 4.69) is 10.3 Å². The van der Waals surface area contributed by atoms with Crippen molar-refractivity contribution in [2.24, 2.45) is 0 Å². The molecule has 0 unspecified atom stereocenters. The van der Waals surface area contributed by atoms with Crippen molar-refractivity contribution in [1.82, 2.24) is 9.88 Å². The zero-order valence-corrected chi connectivity index (χ0v) is 15.3. The number of aromatic nitrogens is 1. The lowest BCUT2D eigenvalue weighted by Gasteiger charge is -2.17. The van der Waals surface area contributed by atoms with Crippen LogP contribution in [0.4, 0.5) is 5.69 Å². The number of esters is 1. The molecule has 0 spiro atoms. The second kappa shape index (κ2) is 9.17. The Balaban J connectivity index is 1.81. The molecule has 0 radical (unpaired) electrons. The fraction of sp³-hybridized carbons (Fsp3) is 0.176. The zero-order chi connectivity index (χ0) is 19.1. The number of amides is 2. The Morgan fingerprint density at radius 1 is 1.19 bits per heavy atom. The molecule has 0 aliphatic rings. The smallest absolute Gasteiger partial charge is 0.340 e. The van der Waals surface area contributed by atoms with E-state index in [-0.39, 0.29) is 12.1 Å². The van der Waals surface area contributed by atoms with Crippen molar-refractivity contribution < 1.29 is 19.1 Å². The third-order valence-electron chi connectivity index (χ3n) is 3.23. The summed E-state index contributed by atoms with van der Waals surface area (Å²) in [7, 11) is 1.43. The largest absolute Gasteiger partial charge is 0.452 e. The molecule has 0 aliphatic heterocycles. The van der Waals surface area contributed by atoms with E-state index in [4.69, 9.17) is 27.9 Å². The molecule has 1 N–H and O–H groups in total. The average molecular weight is 396 g/mol. The minimum absolute atomic E-state index is 0.219. The first-order valence-electron chi connectivity index (χ1n) is 7.43. The van der Waals surface area contributed by atoms with Crippen LogP contribution in [0.5, 0.6) is 0 Å². The van der Waals surface area contributed by atoms with Crippen LogP contribution in [-0.4, -0.2) is 47.9 Å². The molecular formula is C17H15Cl2N3O4. The van der Waals surface area contributed by atoms with Crippen LogP contribution in [0.15, 0.2) is 42.7 Å². The molecule has 0 aliphatic carbocycles. The Bertz CT molecular complexity index is 815. The fourth-order valence-corrected chi connectivity index (χ4v) is 2.18. The van der Waals surface area contributed by atoms with Gasteiger partial charge in [-0.15, -0.1) is 0 Å². The summed E-state index contributed by atoms with van der Waals surface area (Å²) in [5.41, 5.74) is 0.688. The second-order valence-electron chi connectivity index (χ2n) is 5.24. The van der Waals surface area contributed by atoms with E-state index in [1.165, 1.54) is 31.6 Å². The fourth-order valence-electron chi connectivity index (χ4n) is 1.88. The normalized spacial score (nSPS) is 10.1. The number of benzene rings is 1. The van der Waals surface area contributed by atoms with E-state index in [1.807, 2.05) is 0 Å². The molecule has 0 fully saturated rings. The molecule has 7 nitrogen and oxygen atoms in total. The molecule has 0 bridgehead atoms. The summed E-state index contributed by atoms with van der Waals surface area (Å²) in [6.07, 6.45) is 2.85. The third kappa shape index (κ3) is 5.72. The zero-order valence-electron chi connectivity index (χ0n) is 13.7. The van der Waals surface area contributed by atoms with Crippen molar-refractivity contribution in [1.29, 1.82) is 0 Å². The second-order valence-corrected chi connectivity index (χ2v) is 6.06. The van der Waals surface area contributed by atoms with Gasteiger partial charge in [0.1, 0.15) is 0 Å². The van der Waals surface area contributed by atoms with Crippen molar-refractivity contribution in [2.75, 3.05) is 25.5 Å². The molecule has 1 aromatic carbocycles. The first kappa shape index (κ1) is 19.7. The van der Waals surface area contributed by atoms with Crippen molar-refractivity contribution in [3.63, 3.8) is 0 Å². The molecule has 1 heterocycles. The van der Waals surface area contributed by atoms with Gasteiger partial charge >= 0.3 is 5.97 Å². The van der Waals surface area contributed by atoms with Gasteiger partial charge in [0.2, 0.25) is 5.91 Å². The molecule has 0 atom stereocenters. The number of halogens is 2. The Hall–Kier alpha value is -2.64. The summed E-state index contributed by atoms with van der Waals surface area (Å²) >= 11 is 11.7. The van der Waals surface area contributed by atoms with Gasteiger partial charge in [0.05, 0.1) is 22.2 Å². The number of anilines is 1. The monoisotopic (exact) mass is 395 g/mol. The van der Waals surface area contributed by atoms with Crippen molar-refractivity contribution in [3.8, 4) is 0 Å². The van der Waals surface area contributed by atoms with Crippen molar-refractivity contribution >= 4 is 46.7 Å². The van der Waals surface area contributed by atoms with Crippen LogP contribution < -0.4 is 5.32 Å². The van der Waals surface area contributed by atoms with Gasteiger partial charge in [-0.2, -0.15) is 0 Å². The summed E-state index contributed by atoms with van der Waals surface area (Å²) in [6, 6.07) is 7.74. The van der Waals surface area contributed by atoms with Crippen LogP contribution in [0.2, 0.25) is 10.0 Å². The molecule has 0 saturated carbocycles. The van der Waals surface area contributed by atoms with Crippen molar-refractivity contribution in [3.05, 3.63) is 58.3 Å². The van der Waals surface area contributed by atoms with Gasteiger partial charge in [0.25, 0.3) is 5.91 Å². The highest BCUT2D eigenvalue weighted by Gasteiger charge is 2.16. The maximum Gasteiger partial charge on any atom is 0.340 e. The first-order chi connectivity index (χ1) is 12.4. The van der Waals surface area contributed by atoms with Crippen LogP contribution in [0.25, 0.3) is 0 Å². The van der Waals surface area contributed by atoms with E-state index < -0.39 is 24.4 Å². The number of ether oxygens (including phenoxy) is 1. The molecule has 9 heteroatoms. The number of pyridine rings is 1. The summed E-state index contributed by atoms with van der Waals surface area (Å²) < 4.78 is 4.91. The first-order valence-corrected chi connectivity index (χ1v) is 8.18. The summed E-state index contributed by atoms with van der Waals surface area (Å²) in [6.45, 7) is -0.701. The highest BCUT2D eigenvalue weighted by Crippen LogP contribution is 2.24. The number of likely N-dealkylation sites (N-methyl/N-ethyl adjacent to an activating group) is 1. The summed E-state index contributed by atoms with van der Waals surface area (Å²) in [5, 5.41) is 3.26. The topological polar surface area (TPSA) is 88.6 Å².